The molecule has 1 N–H and O–H groups in total. The average Bonchev–Trinajstić information content (AvgIpc) is 3.29. The largest absolute Gasteiger partial charge is 0.480 e. The first-order valence-electron chi connectivity index (χ1n) is 9.28. The van der Waals surface area contributed by atoms with Crippen LogP contribution >= 0.6 is 0 Å². The topological polar surface area (TPSA) is 86.6 Å². The third kappa shape index (κ3) is 2.96. The molecule has 7 heteroatoms. The van der Waals surface area contributed by atoms with E-state index in [1.165, 1.54) is 0 Å². The fourth-order valence-corrected chi connectivity index (χ4v) is 4.64. The Morgan fingerprint density at radius 3 is 2.64 bits per heavy atom. The molecule has 4 rings (SSSR count). The minimum Gasteiger partial charge on any atom is -0.480 e. The van der Waals surface area contributed by atoms with Crippen molar-refractivity contribution in [3.05, 3.63) is 18.0 Å². The number of nitrogens with zero attached hydrogens (tertiary/aromatic N) is 4. The molecular weight excluding hydrogens is 320 g/mol. The number of carboxylic acid groups (broad SMARTS) is 1. The van der Waals surface area contributed by atoms with E-state index < -0.39 is 12.0 Å². The van der Waals surface area contributed by atoms with E-state index in [1.54, 1.807) is 17.2 Å². The highest BCUT2D eigenvalue weighted by Crippen LogP contribution is 2.40. The minimum absolute atomic E-state index is 0.0348. The van der Waals surface area contributed by atoms with E-state index in [0.717, 1.165) is 51.6 Å². The van der Waals surface area contributed by atoms with Crippen molar-refractivity contribution in [2.75, 3.05) is 18.0 Å². The van der Waals surface area contributed by atoms with Gasteiger partial charge < -0.3 is 14.9 Å². The molecule has 7 nitrogen and oxygen atoms in total. The van der Waals surface area contributed by atoms with Crippen molar-refractivity contribution in [2.45, 2.75) is 57.0 Å². The standard InChI is InChI=1S/C18H24N4O3/c23-16(13-7-8-19-18(20-13)21-9-3-4-10-21)22-14-6-2-1-5-12(14)11-15(22)17(24)25/h7-8,12,14-15H,1-6,9-11H2,(H,24,25). The van der Waals surface area contributed by atoms with E-state index in [4.69, 9.17) is 0 Å². The van der Waals surface area contributed by atoms with Gasteiger partial charge in [0.05, 0.1) is 0 Å². The van der Waals surface area contributed by atoms with Crippen LogP contribution in [-0.4, -0.2) is 57.0 Å². The lowest BCUT2D eigenvalue weighted by Gasteiger charge is -2.32. The molecule has 3 unspecified atom stereocenters. The highest BCUT2D eigenvalue weighted by molar-refractivity contribution is 5.96. The van der Waals surface area contributed by atoms with Gasteiger partial charge in [0.1, 0.15) is 11.7 Å². The van der Waals surface area contributed by atoms with Crippen LogP contribution in [0.15, 0.2) is 12.3 Å². The summed E-state index contributed by atoms with van der Waals surface area (Å²) in [7, 11) is 0. The van der Waals surface area contributed by atoms with Crippen molar-refractivity contribution in [1.82, 2.24) is 14.9 Å². The van der Waals surface area contributed by atoms with Gasteiger partial charge in [-0.05, 0) is 44.1 Å². The maximum absolute atomic E-state index is 13.1. The van der Waals surface area contributed by atoms with Crippen LogP contribution in [0.5, 0.6) is 0 Å². The SMILES string of the molecule is O=C(O)C1CC2CCCCC2N1C(=O)c1ccnc(N2CCCC2)n1. The summed E-state index contributed by atoms with van der Waals surface area (Å²) in [5.74, 6) is -0.283. The van der Waals surface area contributed by atoms with E-state index in [0.29, 0.717) is 24.0 Å². The summed E-state index contributed by atoms with van der Waals surface area (Å²) < 4.78 is 0. The Morgan fingerprint density at radius 1 is 1.12 bits per heavy atom. The lowest BCUT2D eigenvalue weighted by Crippen LogP contribution is -2.46. The van der Waals surface area contributed by atoms with Gasteiger partial charge in [0.2, 0.25) is 5.95 Å². The Hall–Kier alpha value is -2.18. The molecule has 3 fully saturated rings. The maximum atomic E-state index is 13.1. The Bertz CT molecular complexity index is 674. The summed E-state index contributed by atoms with van der Waals surface area (Å²) in [6.07, 6.45) is 8.48. The Morgan fingerprint density at radius 2 is 1.88 bits per heavy atom. The Kier molecular flexibility index (Phi) is 4.31. The molecule has 3 heterocycles. The molecule has 1 amide bonds. The zero-order valence-electron chi connectivity index (χ0n) is 14.3. The summed E-state index contributed by atoms with van der Waals surface area (Å²) >= 11 is 0. The normalized spacial score (nSPS) is 28.9. The van der Waals surface area contributed by atoms with Crippen molar-refractivity contribution in [3.63, 3.8) is 0 Å². The van der Waals surface area contributed by atoms with E-state index in [-0.39, 0.29) is 11.9 Å². The summed E-state index contributed by atoms with van der Waals surface area (Å²) in [5, 5.41) is 9.62. The van der Waals surface area contributed by atoms with Crippen LogP contribution in [0.25, 0.3) is 0 Å². The van der Waals surface area contributed by atoms with Crippen molar-refractivity contribution in [1.29, 1.82) is 0 Å². The number of amides is 1. The van der Waals surface area contributed by atoms with Gasteiger partial charge >= 0.3 is 5.97 Å². The summed E-state index contributed by atoms with van der Waals surface area (Å²) in [4.78, 5) is 37.3. The van der Waals surface area contributed by atoms with Crippen molar-refractivity contribution in [3.8, 4) is 0 Å². The first-order chi connectivity index (χ1) is 12.1. The van der Waals surface area contributed by atoms with Crippen LogP contribution in [-0.2, 0) is 4.79 Å². The number of hydrogen-bond acceptors (Lipinski definition) is 5. The van der Waals surface area contributed by atoms with Gasteiger partial charge in [0, 0.05) is 25.3 Å². The summed E-state index contributed by atoms with van der Waals surface area (Å²) in [6.45, 7) is 1.81. The van der Waals surface area contributed by atoms with E-state index >= 15 is 0 Å². The molecule has 134 valence electrons. The van der Waals surface area contributed by atoms with Gasteiger partial charge in [-0.15, -0.1) is 0 Å². The van der Waals surface area contributed by atoms with Crippen molar-refractivity contribution in [2.24, 2.45) is 5.92 Å². The molecule has 3 atom stereocenters. The molecule has 0 aromatic carbocycles. The quantitative estimate of drug-likeness (QED) is 0.902. The predicted octanol–water partition coefficient (Wildman–Crippen LogP) is 1.93. The average molecular weight is 344 g/mol. The van der Waals surface area contributed by atoms with Crippen LogP contribution in [0.3, 0.4) is 0 Å². The first kappa shape index (κ1) is 16.3. The highest BCUT2D eigenvalue weighted by Gasteiger charge is 2.48. The number of fused-ring (bicyclic) bond motifs is 1. The van der Waals surface area contributed by atoms with Gasteiger partial charge in [0.15, 0.2) is 0 Å². The number of carbonyl (C=O) groups is 2. The number of anilines is 1. The second-order valence-corrected chi connectivity index (χ2v) is 7.35. The maximum Gasteiger partial charge on any atom is 0.326 e. The second kappa shape index (κ2) is 6.61. The Balaban J connectivity index is 1.62. The molecule has 2 aliphatic heterocycles. The second-order valence-electron chi connectivity index (χ2n) is 7.35. The molecule has 3 aliphatic rings. The van der Waals surface area contributed by atoms with Crippen molar-refractivity contribution < 1.29 is 14.7 Å². The minimum atomic E-state index is -0.906. The molecule has 1 aromatic heterocycles. The highest BCUT2D eigenvalue weighted by atomic mass is 16.4. The number of carboxylic acids is 1. The van der Waals surface area contributed by atoms with Gasteiger partial charge in [-0.25, -0.2) is 14.8 Å². The van der Waals surface area contributed by atoms with Crippen LogP contribution in [0.1, 0.15) is 55.4 Å². The monoisotopic (exact) mass is 344 g/mol. The smallest absolute Gasteiger partial charge is 0.326 e. The first-order valence-corrected chi connectivity index (χ1v) is 9.28. The number of aromatic nitrogens is 2. The van der Waals surface area contributed by atoms with Crippen LogP contribution < -0.4 is 4.90 Å². The van der Waals surface area contributed by atoms with Gasteiger partial charge in [0.25, 0.3) is 5.91 Å². The molecule has 1 aromatic rings. The fourth-order valence-electron chi connectivity index (χ4n) is 4.64. The molecule has 0 spiro atoms. The number of likely N-dealkylation sites (tertiary alicyclic amines) is 1. The van der Waals surface area contributed by atoms with Gasteiger partial charge in [-0.1, -0.05) is 12.8 Å². The molecule has 0 bridgehead atoms. The van der Waals surface area contributed by atoms with Crippen LogP contribution in [0.4, 0.5) is 5.95 Å². The molecule has 0 radical (unpaired) electrons. The van der Waals surface area contributed by atoms with E-state index in [1.807, 2.05) is 0 Å². The molecule has 2 saturated heterocycles. The van der Waals surface area contributed by atoms with E-state index in [2.05, 4.69) is 14.9 Å². The fraction of sp³-hybridized carbons (Fsp3) is 0.667. The lowest BCUT2D eigenvalue weighted by atomic mass is 9.84. The van der Waals surface area contributed by atoms with Gasteiger partial charge in [-0.2, -0.15) is 0 Å². The third-order valence-electron chi connectivity index (χ3n) is 5.86. The summed E-state index contributed by atoms with van der Waals surface area (Å²) in [5.41, 5.74) is 0.314. The van der Waals surface area contributed by atoms with Gasteiger partial charge in [-0.3, -0.25) is 4.79 Å². The molecule has 1 saturated carbocycles. The third-order valence-corrected chi connectivity index (χ3v) is 5.86. The predicted molar refractivity (Wildman–Crippen MR) is 91.4 cm³/mol. The zero-order valence-corrected chi connectivity index (χ0v) is 14.3. The number of carbonyl (C=O) groups excluding carboxylic acids is 1. The van der Waals surface area contributed by atoms with E-state index in [9.17, 15) is 14.7 Å². The lowest BCUT2D eigenvalue weighted by molar-refractivity contribution is -0.141. The summed E-state index contributed by atoms with van der Waals surface area (Å²) in [6, 6.07) is 0.912. The van der Waals surface area contributed by atoms with Crippen LogP contribution in [0.2, 0.25) is 0 Å². The number of rotatable bonds is 3. The molecule has 1 aliphatic carbocycles. The number of aliphatic carboxylic acids is 1. The number of hydrogen-bond donors (Lipinski definition) is 1. The zero-order chi connectivity index (χ0) is 17.4. The van der Waals surface area contributed by atoms with Crippen molar-refractivity contribution >= 4 is 17.8 Å². The Labute approximate surface area is 147 Å². The van der Waals surface area contributed by atoms with Crippen LogP contribution in [0, 0.1) is 5.92 Å². The molecular formula is C18H24N4O3. The molecule has 25 heavy (non-hydrogen) atoms.